The maximum absolute atomic E-state index is 13.2. The summed E-state index contributed by atoms with van der Waals surface area (Å²) < 4.78 is 13.2. The van der Waals surface area contributed by atoms with E-state index in [2.05, 4.69) is 5.32 Å². The molecule has 1 aromatic carbocycles. The van der Waals surface area contributed by atoms with Crippen molar-refractivity contribution >= 4 is 11.8 Å². The molecule has 4 rings (SSSR count). The van der Waals surface area contributed by atoms with Crippen molar-refractivity contribution in [3.8, 4) is 0 Å². The third-order valence-electron chi connectivity index (χ3n) is 5.68. The highest BCUT2D eigenvalue weighted by atomic mass is 19.1. The van der Waals surface area contributed by atoms with Crippen LogP contribution in [0.3, 0.4) is 0 Å². The standard InChI is InChI=1S/C20H25FN2O2/c21-17-8-5-14(6-9-17)18-10-7-16(19(24)22-11-13-1-2-13)12-23(18)20(25)15-3-4-15/h5-6,8-9,13,15-16,18H,1-4,7,10-12H2,(H,22,24)/t16-,18+/m1/s1. The molecule has 1 N–H and O–H groups in total. The molecule has 0 unspecified atom stereocenters. The summed E-state index contributed by atoms with van der Waals surface area (Å²) in [6.45, 7) is 1.25. The second-order valence-corrected chi connectivity index (χ2v) is 7.80. The first kappa shape index (κ1) is 16.6. The number of nitrogens with zero attached hydrogens (tertiary/aromatic N) is 1. The SMILES string of the molecule is O=C(NCC1CC1)[C@@H]1CC[C@@H](c2ccc(F)cc2)N(C(=O)C2CC2)C1. The highest BCUT2D eigenvalue weighted by molar-refractivity contribution is 5.84. The summed E-state index contributed by atoms with van der Waals surface area (Å²) >= 11 is 0. The third kappa shape index (κ3) is 3.86. The number of nitrogens with one attached hydrogen (secondary N) is 1. The van der Waals surface area contributed by atoms with E-state index in [9.17, 15) is 14.0 Å². The topological polar surface area (TPSA) is 49.4 Å². The molecule has 5 heteroatoms. The number of halogens is 1. The molecule has 134 valence electrons. The van der Waals surface area contributed by atoms with Gasteiger partial charge in [0.2, 0.25) is 11.8 Å². The number of likely N-dealkylation sites (tertiary alicyclic amines) is 1. The Hall–Kier alpha value is -1.91. The van der Waals surface area contributed by atoms with E-state index in [-0.39, 0.29) is 35.5 Å². The maximum Gasteiger partial charge on any atom is 0.226 e. The van der Waals surface area contributed by atoms with Gasteiger partial charge in [-0.3, -0.25) is 9.59 Å². The van der Waals surface area contributed by atoms with Gasteiger partial charge in [0.25, 0.3) is 0 Å². The van der Waals surface area contributed by atoms with Crippen LogP contribution in [0.15, 0.2) is 24.3 Å². The van der Waals surface area contributed by atoms with E-state index in [1.807, 2.05) is 4.90 Å². The summed E-state index contributed by atoms with van der Waals surface area (Å²) in [4.78, 5) is 27.1. The van der Waals surface area contributed by atoms with Crippen LogP contribution in [-0.2, 0) is 9.59 Å². The van der Waals surface area contributed by atoms with Crippen molar-refractivity contribution in [1.29, 1.82) is 0 Å². The predicted molar refractivity (Wildman–Crippen MR) is 92.0 cm³/mol. The summed E-state index contributed by atoms with van der Waals surface area (Å²) in [5.74, 6) is 0.627. The Morgan fingerprint density at radius 3 is 2.32 bits per heavy atom. The smallest absolute Gasteiger partial charge is 0.226 e. The van der Waals surface area contributed by atoms with Crippen molar-refractivity contribution in [3.63, 3.8) is 0 Å². The molecule has 2 aliphatic carbocycles. The molecular weight excluding hydrogens is 319 g/mol. The first-order chi connectivity index (χ1) is 12.1. The molecule has 0 aromatic heterocycles. The fourth-order valence-electron chi connectivity index (χ4n) is 3.74. The van der Waals surface area contributed by atoms with Crippen LogP contribution in [0.25, 0.3) is 0 Å². The van der Waals surface area contributed by atoms with Crippen LogP contribution in [0.2, 0.25) is 0 Å². The van der Waals surface area contributed by atoms with Gasteiger partial charge in [-0.1, -0.05) is 12.1 Å². The van der Waals surface area contributed by atoms with Gasteiger partial charge in [0.05, 0.1) is 12.0 Å². The van der Waals surface area contributed by atoms with E-state index in [1.54, 1.807) is 12.1 Å². The van der Waals surface area contributed by atoms with Crippen LogP contribution < -0.4 is 5.32 Å². The molecule has 4 nitrogen and oxygen atoms in total. The van der Waals surface area contributed by atoms with Crippen LogP contribution in [-0.4, -0.2) is 29.8 Å². The average molecular weight is 344 g/mol. The average Bonchev–Trinajstić information content (AvgIpc) is 3.53. The monoisotopic (exact) mass is 344 g/mol. The minimum absolute atomic E-state index is 0.0406. The van der Waals surface area contributed by atoms with Crippen LogP contribution in [0.4, 0.5) is 4.39 Å². The summed E-state index contributed by atoms with van der Waals surface area (Å²) in [5.41, 5.74) is 0.965. The molecule has 0 bridgehead atoms. The Balaban J connectivity index is 1.47. The summed E-state index contributed by atoms with van der Waals surface area (Å²) in [5, 5.41) is 3.05. The lowest BCUT2D eigenvalue weighted by atomic mass is 9.88. The molecule has 1 aliphatic heterocycles. The van der Waals surface area contributed by atoms with Crippen molar-refractivity contribution in [2.24, 2.45) is 17.8 Å². The molecule has 2 saturated carbocycles. The van der Waals surface area contributed by atoms with Gasteiger partial charge in [0, 0.05) is 19.0 Å². The quantitative estimate of drug-likeness (QED) is 0.892. The van der Waals surface area contributed by atoms with E-state index in [0.717, 1.165) is 37.8 Å². The molecule has 0 radical (unpaired) electrons. The van der Waals surface area contributed by atoms with Crippen LogP contribution in [0.5, 0.6) is 0 Å². The van der Waals surface area contributed by atoms with Gasteiger partial charge in [-0.15, -0.1) is 0 Å². The van der Waals surface area contributed by atoms with E-state index in [0.29, 0.717) is 12.5 Å². The highest BCUT2D eigenvalue weighted by Crippen LogP contribution is 2.39. The number of hydrogen-bond acceptors (Lipinski definition) is 2. The normalized spacial score (nSPS) is 26.4. The fourth-order valence-corrected chi connectivity index (χ4v) is 3.74. The van der Waals surface area contributed by atoms with E-state index >= 15 is 0 Å². The van der Waals surface area contributed by atoms with Gasteiger partial charge >= 0.3 is 0 Å². The number of hydrogen-bond donors (Lipinski definition) is 1. The lowest BCUT2D eigenvalue weighted by molar-refractivity contribution is -0.140. The maximum atomic E-state index is 13.2. The number of carbonyl (C=O) groups excluding carboxylic acids is 2. The van der Waals surface area contributed by atoms with Crippen molar-refractivity contribution in [1.82, 2.24) is 10.2 Å². The molecular formula is C20H25FN2O2. The first-order valence-electron chi connectivity index (χ1n) is 9.45. The number of carbonyl (C=O) groups is 2. The molecule has 3 fully saturated rings. The molecule has 2 amide bonds. The lowest BCUT2D eigenvalue weighted by Crippen LogP contribution is -2.47. The Labute approximate surface area is 147 Å². The second kappa shape index (κ2) is 6.77. The zero-order chi connectivity index (χ0) is 17.4. The zero-order valence-corrected chi connectivity index (χ0v) is 14.4. The van der Waals surface area contributed by atoms with Gasteiger partial charge < -0.3 is 10.2 Å². The van der Waals surface area contributed by atoms with Gasteiger partial charge in [-0.25, -0.2) is 4.39 Å². The largest absolute Gasteiger partial charge is 0.356 e. The minimum atomic E-state index is -0.267. The molecule has 1 aromatic rings. The first-order valence-corrected chi connectivity index (χ1v) is 9.45. The van der Waals surface area contributed by atoms with E-state index in [4.69, 9.17) is 0 Å². The van der Waals surface area contributed by atoms with Crippen molar-refractivity contribution in [2.45, 2.75) is 44.6 Å². The highest BCUT2D eigenvalue weighted by Gasteiger charge is 2.41. The van der Waals surface area contributed by atoms with Gasteiger partial charge in [-0.2, -0.15) is 0 Å². The molecule has 2 atom stereocenters. The van der Waals surface area contributed by atoms with Crippen molar-refractivity contribution in [3.05, 3.63) is 35.6 Å². The van der Waals surface area contributed by atoms with Crippen molar-refractivity contribution in [2.75, 3.05) is 13.1 Å². The van der Waals surface area contributed by atoms with Gasteiger partial charge in [0.1, 0.15) is 5.82 Å². The summed E-state index contributed by atoms with van der Waals surface area (Å²) in [6, 6.07) is 6.38. The number of piperidine rings is 1. The van der Waals surface area contributed by atoms with Crippen LogP contribution in [0.1, 0.15) is 50.1 Å². The number of rotatable bonds is 5. The Bertz CT molecular complexity index is 652. The third-order valence-corrected chi connectivity index (χ3v) is 5.68. The van der Waals surface area contributed by atoms with Gasteiger partial charge in [0.15, 0.2) is 0 Å². The Morgan fingerprint density at radius 2 is 1.68 bits per heavy atom. The molecule has 25 heavy (non-hydrogen) atoms. The van der Waals surface area contributed by atoms with Crippen molar-refractivity contribution < 1.29 is 14.0 Å². The Morgan fingerprint density at radius 1 is 1.00 bits per heavy atom. The molecule has 3 aliphatic rings. The predicted octanol–water partition coefficient (Wildman–Crippen LogP) is 3.04. The van der Waals surface area contributed by atoms with E-state index in [1.165, 1.54) is 25.0 Å². The van der Waals surface area contributed by atoms with Gasteiger partial charge in [-0.05, 0) is 62.1 Å². The zero-order valence-electron chi connectivity index (χ0n) is 14.4. The number of amides is 2. The van der Waals surface area contributed by atoms with E-state index < -0.39 is 0 Å². The summed E-state index contributed by atoms with van der Waals surface area (Å²) in [6.07, 6.45) is 5.85. The lowest BCUT2D eigenvalue weighted by Gasteiger charge is -2.39. The Kier molecular flexibility index (Phi) is 4.48. The fraction of sp³-hybridized carbons (Fsp3) is 0.600. The second-order valence-electron chi connectivity index (χ2n) is 7.80. The van der Waals surface area contributed by atoms with Crippen LogP contribution >= 0.6 is 0 Å². The van der Waals surface area contributed by atoms with Crippen LogP contribution in [0, 0.1) is 23.6 Å². The number of benzene rings is 1. The summed E-state index contributed by atoms with van der Waals surface area (Å²) in [7, 11) is 0. The molecule has 1 heterocycles. The molecule has 0 spiro atoms. The molecule has 1 saturated heterocycles. The minimum Gasteiger partial charge on any atom is -0.356 e.